The SMILES string of the molecule is CCN(CC)C(=O)C1(OC(=S)N(CC)CC)C=CC=NC1F. The topological polar surface area (TPSA) is 45.1 Å². The molecular formula is C15H24FN3O2S. The molecule has 1 amide bonds. The molecule has 5 nitrogen and oxygen atoms in total. The van der Waals surface area contributed by atoms with Gasteiger partial charge in [-0.05, 0) is 52.1 Å². The van der Waals surface area contributed by atoms with Crippen molar-refractivity contribution in [2.45, 2.75) is 39.6 Å². The molecule has 124 valence electrons. The molecule has 0 aromatic carbocycles. The minimum Gasteiger partial charge on any atom is -0.444 e. The van der Waals surface area contributed by atoms with Crippen LogP contribution in [-0.2, 0) is 9.53 Å². The number of aliphatic imine (C=N–C) groups is 1. The van der Waals surface area contributed by atoms with Crippen molar-refractivity contribution in [3.63, 3.8) is 0 Å². The van der Waals surface area contributed by atoms with Crippen LogP contribution in [-0.4, -0.2) is 65.2 Å². The van der Waals surface area contributed by atoms with E-state index in [1.807, 2.05) is 27.7 Å². The smallest absolute Gasteiger partial charge is 0.276 e. The Labute approximate surface area is 136 Å². The number of allylic oxidation sites excluding steroid dienone is 1. The van der Waals surface area contributed by atoms with Gasteiger partial charge in [0.05, 0.1) is 0 Å². The predicted molar refractivity (Wildman–Crippen MR) is 89.8 cm³/mol. The summed E-state index contributed by atoms with van der Waals surface area (Å²) < 4.78 is 20.2. The third-order valence-electron chi connectivity index (χ3n) is 3.66. The van der Waals surface area contributed by atoms with E-state index in [1.165, 1.54) is 23.3 Å². The van der Waals surface area contributed by atoms with Crippen molar-refractivity contribution in [1.82, 2.24) is 9.80 Å². The van der Waals surface area contributed by atoms with Crippen LogP contribution in [0.5, 0.6) is 0 Å². The summed E-state index contributed by atoms with van der Waals surface area (Å²) in [5, 5.41) is 0.106. The van der Waals surface area contributed by atoms with Crippen molar-refractivity contribution in [2.75, 3.05) is 26.2 Å². The summed E-state index contributed by atoms with van der Waals surface area (Å²) in [6.07, 6.45) is 2.42. The van der Waals surface area contributed by atoms with Crippen LogP contribution in [0.2, 0.25) is 0 Å². The van der Waals surface area contributed by atoms with Crippen LogP contribution in [0.1, 0.15) is 27.7 Å². The quantitative estimate of drug-likeness (QED) is 0.553. The number of thiocarbonyl (C=S) groups is 1. The maximum Gasteiger partial charge on any atom is 0.276 e. The van der Waals surface area contributed by atoms with Crippen LogP contribution in [0, 0.1) is 0 Å². The van der Waals surface area contributed by atoms with Gasteiger partial charge in [0.25, 0.3) is 16.7 Å². The average molecular weight is 329 g/mol. The molecule has 1 aliphatic rings. The van der Waals surface area contributed by atoms with Crippen molar-refractivity contribution in [3.8, 4) is 0 Å². The highest BCUT2D eigenvalue weighted by molar-refractivity contribution is 7.80. The van der Waals surface area contributed by atoms with E-state index < -0.39 is 17.8 Å². The lowest BCUT2D eigenvalue weighted by Crippen LogP contribution is -2.57. The molecule has 0 radical (unpaired) electrons. The van der Waals surface area contributed by atoms with E-state index >= 15 is 0 Å². The van der Waals surface area contributed by atoms with E-state index in [-0.39, 0.29) is 5.17 Å². The molecular weight excluding hydrogens is 305 g/mol. The van der Waals surface area contributed by atoms with Gasteiger partial charge in [0, 0.05) is 32.4 Å². The van der Waals surface area contributed by atoms with Gasteiger partial charge in [-0.1, -0.05) is 0 Å². The van der Waals surface area contributed by atoms with Crippen molar-refractivity contribution < 1.29 is 13.9 Å². The van der Waals surface area contributed by atoms with Crippen LogP contribution in [0.4, 0.5) is 4.39 Å². The standard InChI is InChI=1S/C15H24FN3O2S/c1-5-18(6-2)13(20)15(10-9-11-17-12(15)16)21-14(22)19(7-3)8-4/h9-12H,5-8H2,1-4H3. The molecule has 1 heterocycles. The van der Waals surface area contributed by atoms with E-state index in [0.29, 0.717) is 26.2 Å². The maximum atomic E-state index is 14.5. The highest BCUT2D eigenvalue weighted by Gasteiger charge is 2.50. The summed E-state index contributed by atoms with van der Waals surface area (Å²) in [6.45, 7) is 9.66. The van der Waals surface area contributed by atoms with Crippen LogP contribution < -0.4 is 0 Å². The normalized spacial score (nSPS) is 23.2. The lowest BCUT2D eigenvalue weighted by Gasteiger charge is -2.37. The maximum absolute atomic E-state index is 14.5. The van der Waals surface area contributed by atoms with Gasteiger partial charge in [0.15, 0.2) is 0 Å². The lowest BCUT2D eigenvalue weighted by molar-refractivity contribution is -0.150. The Balaban J connectivity index is 3.14. The van der Waals surface area contributed by atoms with Crippen LogP contribution in [0.25, 0.3) is 0 Å². The number of dihydropyridines is 1. The fourth-order valence-corrected chi connectivity index (χ4v) is 2.65. The van der Waals surface area contributed by atoms with E-state index in [4.69, 9.17) is 17.0 Å². The number of ether oxygens (including phenoxy) is 1. The number of halogens is 1. The summed E-state index contributed by atoms with van der Waals surface area (Å²) in [6, 6.07) is 0. The lowest BCUT2D eigenvalue weighted by atomic mass is 9.98. The molecule has 2 unspecified atom stereocenters. The molecule has 0 spiro atoms. The number of hydrogen-bond donors (Lipinski definition) is 0. The molecule has 0 N–H and O–H groups in total. The Morgan fingerprint density at radius 3 is 2.23 bits per heavy atom. The van der Waals surface area contributed by atoms with Crippen LogP contribution in [0.3, 0.4) is 0 Å². The molecule has 0 aromatic heterocycles. The summed E-state index contributed by atoms with van der Waals surface area (Å²) in [5.41, 5.74) is -1.82. The fraction of sp³-hybridized carbons (Fsp3) is 0.667. The Morgan fingerprint density at radius 1 is 1.23 bits per heavy atom. The molecule has 22 heavy (non-hydrogen) atoms. The Kier molecular flexibility index (Phi) is 6.93. The minimum absolute atomic E-state index is 0.106. The number of carbonyl (C=O) groups excluding carboxylic acids is 1. The first kappa shape index (κ1) is 18.5. The monoisotopic (exact) mass is 329 g/mol. The van der Waals surface area contributed by atoms with Crippen molar-refractivity contribution in [2.24, 2.45) is 4.99 Å². The molecule has 0 saturated heterocycles. The fourth-order valence-electron chi connectivity index (χ4n) is 2.25. The number of amides is 1. The number of nitrogens with zero attached hydrogens (tertiary/aromatic N) is 3. The van der Waals surface area contributed by atoms with Gasteiger partial charge in [-0.2, -0.15) is 0 Å². The number of alkyl halides is 1. The van der Waals surface area contributed by atoms with Gasteiger partial charge >= 0.3 is 0 Å². The zero-order valence-corrected chi connectivity index (χ0v) is 14.4. The number of rotatable bonds is 6. The first-order valence-corrected chi connectivity index (χ1v) is 7.99. The molecule has 0 aromatic rings. The number of carbonyl (C=O) groups is 1. The highest BCUT2D eigenvalue weighted by atomic mass is 32.1. The summed E-state index contributed by atoms with van der Waals surface area (Å²) in [5.74, 6) is -0.465. The molecule has 1 aliphatic heterocycles. The molecule has 7 heteroatoms. The van der Waals surface area contributed by atoms with Crippen LogP contribution in [0.15, 0.2) is 17.1 Å². The van der Waals surface area contributed by atoms with Crippen molar-refractivity contribution >= 4 is 29.5 Å². The van der Waals surface area contributed by atoms with Crippen LogP contribution >= 0.6 is 12.2 Å². The Morgan fingerprint density at radius 2 is 1.77 bits per heavy atom. The molecule has 0 bridgehead atoms. The van der Waals surface area contributed by atoms with Gasteiger partial charge in [-0.25, -0.2) is 4.39 Å². The van der Waals surface area contributed by atoms with E-state index in [1.54, 1.807) is 4.90 Å². The first-order valence-electron chi connectivity index (χ1n) is 7.59. The zero-order chi connectivity index (χ0) is 16.8. The third-order valence-corrected chi connectivity index (χ3v) is 4.00. The minimum atomic E-state index is -1.82. The summed E-state index contributed by atoms with van der Waals surface area (Å²) in [4.78, 5) is 19.7. The van der Waals surface area contributed by atoms with E-state index in [9.17, 15) is 9.18 Å². The van der Waals surface area contributed by atoms with E-state index in [2.05, 4.69) is 4.99 Å². The van der Waals surface area contributed by atoms with Gasteiger partial charge in [-0.15, -0.1) is 0 Å². The number of hydrogen-bond acceptors (Lipinski definition) is 4. The van der Waals surface area contributed by atoms with Gasteiger partial charge in [0.2, 0.25) is 6.30 Å². The molecule has 0 aliphatic carbocycles. The largest absolute Gasteiger partial charge is 0.444 e. The molecule has 2 atom stereocenters. The third kappa shape index (κ3) is 3.63. The number of likely N-dealkylation sites (N-methyl/N-ethyl adjacent to an activating group) is 1. The van der Waals surface area contributed by atoms with Crippen molar-refractivity contribution in [1.29, 1.82) is 0 Å². The second-order valence-electron chi connectivity index (χ2n) is 4.80. The van der Waals surface area contributed by atoms with E-state index in [0.717, 1.165) is 0 Å². The van der Waals surface area contributed by atoms with Gasteiger partial charge in [0.1, 0.15) is 0 Å². The second kappa shape index (κ2) is 8.22. The second-order valence-corrected chi connectivity index (χ2v) is 5.15. The Bertz CT molecular complexity index is 462. The molecule has 1 rings (SSSR count). The van der Waals surface area contributed by atoms with Crippen molar-refractivity contribution in [3.05, 3.63) is 12.2 Å². The Hall–Kier alpha value is -1.50. The average Bonchev–Trinajstić information content (AvgIpc) is 2.52. The van der Waals surface area contributed by atoms with Gasteiger partial charge in [-0.3, -0.25) is 9.79 Å². The van der Waals surface area contributed by atoms with Gasteiger partial charge < -0.3 is 14.5 Å². The summed E-state index contributed by atoms with van der Waals surface area (Å²) in [7, 11) is 0. The predicted octanol–water partition coefficient (Wildman–Crippen LogP) is 2.17. The highest BCUT2D eigenvalue weighted by Crippen LogP contribution is 2.28. The summed E-state index contributed by atoms with van der Waals surface area (Å²) >= 11 is 5.24. The molecule has 0 fully saturated rings. The zero-order valence-electron chi connectivity index (χ0n) is 13.6. The first-order chi connectivity index (χ1) is 10.5. The molecule has 0 saturated carbocycles.